The van der Waals surface area contributed by atoms with Crippen molar-refractivity contribution in [1.29, 1.82) is 0 Å². The summed E-state index contributed by atoms with van der Waals surface area (Å²) in [5, 5.41) is 6.05. The number of nitrogens with zero attached hydrogens (tertiary/aromatic N) is 3. The fraction of sp³-hybridized carbons (Fsp3) is 0.727. The minimum atomic E-state index is 0.346. The molecule has 0 amide bonds. The first-order chi connectivity index (χ1) is 8.15. The average molecular weight is 239 g/mol. The summed E-state index contributed by atoms with van der Waals surface area (Å²) in [6, 6.07) is 0.346. The van der Waals surface area contributed by atoms with Crippen LogP contribution in [0.25, 0.3) is 0 Å². The number of ether oxygens (including phenoxy) is 1. The van der Waals surface area contributed by atoms with Crippen LogP contribution in [0, 0.1) is 5.92 Å². The van der Waals surface area contributed by atoms with Crippen LogP contribution in [0.1, 0.15) is 27.2 Å². The predicted molar refractivity (Wildman–Crippen MR) is 68.5 cm³/mol. The van der Waals surface area contributed by atoms with Crippen molar-refractivity contribution in [3.05, 3.63) is 0 Å². The van der Waals surface area contributed by atoms with Crippen LogP contribution in [-0.2, 0) is 0 Å². The van der Waals surface area contributed by atoms with Crippen molar-refractivity contribution in [2.75, 3.05) is 30.8 Å². The number of hydrogen-bond acceptors (Lipinski definition) is 6. The van der Waals surface area contributed by atoms with Gasteiger partial charge in [-0.25, -0.2) is 0 Å². The minimum Gasteiger partial charge on any atom is -0.464 e. The molecule has 0 spiro atoms. The molecule has 1 aromatic rings. The molecule has 0 aliphatic heterocycles. The molecule has 2 N–H and O–H groups in total. The summed E-state index contributed by atoms with van der Waals surface area (Å²) >= 11 is 0. The Balaban J connectivity index is 2.66. The van der Waals surface area contributed by atoms with Crippen molar-refractivity contribution in [2.45, 2.75) is 27.2 Å². The van der Waals surface area contributed by atoms with Crippen LogP contribution < -0.4 is 15.4 Å². The highest BCUT2D eigenvalue weighted by Crippen LogP contribution is 2.11. The van der Waals surface area contributed by atoms with Crippen molar-refractivity contribution in [2.24, 2.45) is 5.92 Å². The minimum absolute atomic E-state index is 0.346. The highest BCUT2D eigenvalue weighted by Gasteiger charge is 2.05. The van der Waals surface area contributed by atoms with Crippen LogP contribution in [0.5, 0.6) is 6.01 Å². The Bertz CT molecular complexity index is 343. The number of rotatable bonds is 7. The largest absolute Gasteiger partial charge is 0.464 e. The Morgan fingerprint density at radius 1 is 1.18 bits per heavy atom. The van der Waals surface area contributed by atoms with E-state index in [0.29, 0.717) is 30.4 Å². The maximum absolute atomic E-state index is 5.27. The Morgan fingerprint density at radius 3 is 2.47 bits per heavy atom. The van der Waals surface area contributed by atoms with Gasteiger partial charge in [-0.3, -0.25) is 0 Å². The smallest absolute Gasteiger partial charge is 0.323 e. The van der Waals surface area contributed by atoms with Gasteiger partial charge in [0.2, 0.25) is 11.9 Å². The van der Waals surface area contributed by atoms with Gasteiger partial charge in [0.15, 0.2) is 0 Å². The van der Waals surface area contributed by atoms with Crippen LogP contribution in [-0.4, -0.2) is 35.2 Å². The zero-order chi connectivity index (χ0) is 12.7. The second-order valence-electron chi connectivity index (χ2n) is 4.06. The Morgan fingerprint density at radius 2 is 1.88 bits per heavy atom. The van der Waals surface area contributed by atoms with E-state index < -0.39 is 0 Å². The molecule has 0 radical (unpaired) electrons. The third-order valence-corrected chi connectivity index (χ3v) is 2.12. The molecule has 0 saturated carbocycles. The van der Waals surface area contributed by atoms with Gasteiger partial charge in [-0.1, -0.05) is 13.8 Å². The topological polar surface area (TPSA) is 72.0 Å². The lowest BCUT2D eigenvalue weighted by Gasteiger charge is -2.09. The first-order valence-corrected chi connectivity index (χ1v) is 5.96. The van der Waals surface area contributed by atoms with E-state index in [-0.39, 0.29) is 0 Å². The molecule has 0 aliphatic rings. The fourth-order valence-corrected chi connectivity index (χ4v) is 1.21. The van der Waals surface area contributed by atoms with Crippen LogP contribution in [0.3, 0.4) is 0 Å². The van der Waals surface area contributed by atoms with Crippen LogP contribution in [0.4, 0.5) is 11.9 Å². The SMILES string of the molecule is CCOc1nc(NC)nc(NCCC(C)C)n1. The van der Waals surface area contributed by atoms with Gasteiger partial charge in [0.1, 0.15) is 0 Å². The lowest BCUT2D eigenvalue weighted by Crippen LogP contribution is -2.11. The summed E-state index contributed by atoms with van der Waals surface area (Å²) in [6.45, 7) is 7.64. The third kappa shape index (κ3) is 4.84. The van der Waals surface area contributed by atoms with E-state index in [1.807, 2.05) is 6.92 Å². The summed E-state index contributed by atoms with van der Waals surface area (Å²) < 4.78 is 5.27. The van der Waals surface area contributed by atoms with E-state index in [1.165, 1.54) is 0 Å². The van der Waals surface area contributed by atoms with Gasteiger partial charge in [-0.15, -0.1) is 0 Å². The highest BCUT2D eigenvalue weighted by molar-refractivity contribution is 5.35. The lowest BCUT2D eigenvalue weighted by molar-refractivity contribution is 0.312. The quantitative estimate of drug-likeness (QED) is 0.755. The number of nitrogens with one attached hydrogen (secondary N) is 2. The van der Waals surface area contributed by atoms with Gasteiger partial charge in [0.05, 0.1) is 6.61 Å². The predicted octanol–water partition coefficient (Wildman–Crippen LogP) is 1.77. The van der Waals surface area contributed by atoms with Crippen molar-refractivity contribution in [3.8, 4) is 6.01 Å². The number of anilines is 2. The van der Waals surface area contributed by atoms with E-state index in [2.05, 4.69) is 39.4 Å². The van der Waals surface area contributed by atoms with E-state index in [4.69, 9.17) is 4.74 Å². The van der Waals surface area contributed by atoms with Gasteiger partial charge < -0.3 is 15.4 Å². The van der Waals surface area contributed by atoms with E-state index in [1.54, 1.807) is 7.05 Å². The standard InChI is InChI=1S/C11H21N5O/c1-5-17-11-15-9(12-4)14-10(16-11)13-7-6-8(2)3/h8H,5-7H2,1-4H3,(H2,12,13,14,15,16). The van der Waals surface area contributed by atoms with Gasteiger partial charge in [0, 0.05) is 13.6 Å². The summed E-state index contributed by atoms with van der Waals surface area (Å²) in [5.41, 5.74) is 0. The van der Waals surface area contributed by atoms with Crippen molar-refractivity contribution in [1.82, 2.24) is 15.0 Å². The Hall–Kier alpha value is -1.59. The maximum atomic E-state index is 5.27. The van der Waals surface area contributed by atoms with Crippen LogP contribution in [0.2, 0.25) is 0 Å². The summed E-state index contributed by atoms with van der Waals surface area (Å²) in [7, 11) is 1.77. The van der Waals surface area contributed by atoms with E-state index >= 15 is 0 Å². The van der Waals surface area contributed by atoms with E-state index in [0.717, 1.165) is 13.0 Å². The second kappa shape index (κ2) is 6.88. The molecule has 0 aliphatic carbocycles. The molecule has 1 rings (SSSR count). The molecule has 1 aromatic heterocycles. The van der Waals surface area contributed by atoms with Gasteiger partial charge in [-0.05, 0) is 19.3 Å². The van der Waals surface area contributed by atoms with Crippen molar-refractivity contribution >= 4 is 11.9 Å². The molecule has 0 bridgehead atoms. The molecule has 96 valence electrons. The molecular formula is C11H21N5O. The average Bonchev–Trinajstić information content (AvgIpc) is 2.28. The lowest BCUT2D eigenvalue weighted by atomic mass is 10.1. The Labute approximate surface area is 102 Å². The molecule has 6 nitrogen and oxygen atoms in total. The Kier molecular flexibility index (Phi) is 5.45. The fourth-order valence-electron chi connectivity index (χ4n) is 1.21. The molecule has 0 aromatic carbocycles. The normalized spacial score (nSPS) is 10.4. The molecule has 17 heavy (non-hydrogen) atoms. The second-order valence-corrected chi connectivity index (χ2v) is 4.06. The molecule has 0 unspecified atom stereocenters. The molecule has 0 saturated heterocycles. The molecule has 1 heterocycles. The number of aromatic nitrogens is 3. The van der Waals surface area contributed by atoms with Gasteiger partial charge in [0.25, 0.3) is 0 Å². The number of hydrogen-bond donors (Lipinski definition) is 2. The van der Waals surface area contributed by atoms with Crippen molar-refractivity contribution < 1.29 is 4.74 Å². The third-order valence-electron chi connectivity index (χ3n) is 2.12. The van der Waals surface area contributed by atoms with Gasteiger partial charge in [-0.2, -0.15) is 15.0 Å². The molecule has 0 fully saturated rings. The zero-order valence-corrected chi connectivity index (χ0v) is 10.9. The molecular weight excluding hydrogens is 218 g/mol. The summed E-state index contributed by atoms with van der Waals surface area (Å²) in [5.74, 6) is 1.71. The first-order valence-electron chi connectivity index (χ1n) is 5.96. The van der Waals surface area contributed by atoms with Crippen molar-refractivity contribution in [3.63, 3.8) is 0 Å². The molecule has 0 atom stereocenters. The summed E-state index contributed by atoms with van der Waals surface area (Å²) in [6.07, 6.45) is 1.07. The monoisotopic (exact) mass is 239 g/mol. The maximum Gasteiger partial charge on any atom is 0.323 e. The van der Waals surface area contributed by atoms with E-state index in [9.17, 15) is 0 Å². The van der Waals surface area contributed by atoms with Gasteiger partial charge >= 0.3 is 6.01 Å². The summed E-state index contributed by atoms with van der Waals surface area (Å²) in [4.78, 5) is 12.5. The van der Waals surface area contributed by atoms with Crippen LogP contribution in [0.15, 0.2) is 0 Å². The molecule has 6 heteroatoms. The zero-order valence-electron chi connectivity index (χ0n) is 10.9. The van der Waals surface area contributed by atoms with Crippen LogP contribution >= 0.6 is 0 Å². The highest BCUT2D eigenvalue weighted by atomic mass is 16.5. The first kappa shape index (κ1) is 13.5.